The monoisotopic (exact) mass is 734 g/mol. The summed E-state index contributed by atoms with van der Waals surface area (Å²) in [6.45, 7) is 12.7. The van der Waals surface area contributed by atoms with E-state index in [1.54, 1.807) is 21.0 Å². The lowest BCUT2D eigenvalue weighted by molar-refractivity contribution is -0.154. The van der Waals surface area contributed by atoms with Crippen molar-refractivity contribution in [2.45, 2.75) is 137 Å². The van der Waals surface area contributed by atoms with E-state index < -0.39 is 11.9 Å². The van der Waals surface area contributed by atoms with Crippen LogP contribution in [0.1, 0.15) is 125 Å². The summed E-state index contributed by atoms with van der Waals surface area (Å²) in [5, 5.41) is 34.2. The first-order chi connectivity index (χ1) is 23.9. The van der Waals surface area contributed by atoms with Gasteiger partial charge in [-0.15, -0.1) is 0 Å². The minimum Gasteiger partial charge on any atom is -0.481 e. The summed E-state index contributed by atoms with van der Waals surface area (Å²) in [7, 11) is 1.67. The fourth-order valence-corrected chi connectivity index (χ4v) is 5.30. The Morgan fingerprint density at radius 1 is 0.627 bits per heavy atom. The lowest BCUT2D eigenvalue weighted by atomic mass is 9.87. The minimum absolute atomic E-state index is 0.0103. The highest BCUT2D eigenvalue weighted by molar-refractivity contribution is 5.72. The topological polar surface area (TPSA) is 220 Å². The second kappa shape index (κ2) is 28.5. The number of aliphatic hydroxyl groups excluding tert-OH is 2. The summed E-state index contributed by atoms with van der Waals surface area (Å²) in [4.78, 5) is 62.2. The van der Waals surface area contributed by atoms with Crippen molar-refractivity contribution in [3.63, 3.8) is 0 Å². The molecule has 4 N–H and O–H groups in total. The van der Waals surface area contributed by atoms with Crippen LogP contribution in [0.2, 0.25) is 0 Å². The van der Waals surface area contributed by atoms with E-state index in [4.69, 9.17) is 39.4 Å². The quantitative estimate of drug-likeness (QED) is 0.111. The fraction of sp³-hybridized carbons (Fsp3) is 0.838. The number of carboxylic acids is 2. The number of aliphatic carboxylic acids is 2. The first kappa shape index (κ1) is 50.0. The standard InChI is InChI=1S/C13H24O3.2C8H12O4.C5H12O2.C3H6O/c1-13(2,9-15-3)10-16-12(14)11-7-5-4-6-8-11;9-5-12-7-3-1-6(2-4-7)8(10)11;9-5-12-7-3-1-2-6(4-7)8(10)11;1-5(2,3-6)4-7;1-3(2)4/h11H,4-10H2,1-3H3;2*5-7H,1-4H2,(H,10,11);6-7H,3-4H2,1-2H3;1-2H3. The Balaban J connectivity index is 0. The molecule has 3 rings (SSSR count). The molecular formula is C37H66O14. The van der Waals surface area contributed by atoms with Gasteiger partial charge in [0.2, 0.25) is 0 Å². The van der Waals surface area contributed by atoms with Crippen LogP contribution in [0.4, 0.5) is 0 Å². The van der Waals surface area contributed by atoms with Crippen molar-refractivity contribution in [3.8, 4) is 0 Å². The average Bonchev–Trinajstić information content (AvgIpc) is 3.09. The van der Waals surface area contributed by atoms with E-state index in [-0.39, 0.29) is 65.8 Å². The Hall–Kier alpha value is -3.10. The lowest BCUT2D eigenvalue weighted by Gasteiger charge is -2.25. The second-order valence-corrected chi connectivity index (χ2v) is 15.0. The molecule has 0 radical (unpaired) electrons. The molecule has 0 aromatic carbocycles. The number of rotatable bonds is 13. The van der Waals surface area contributed by atoms with E-state index >= 15 is 0 Å². The van der Waals surface area contributed by atoms with Gasteiger partial charge in [-0.05, 0) is 78.1 Å². The molecule has 0 saturated heterocycles. The van der Waals surface area contributed by atoms with Gasteiger partial charge in [0.25, 0.3) is 12.9 Å². The van der Waals surface area contributed by atoms with Gasteiger partial charge < -0.3 is 44.2 Å². The van der Waals surface area contributed by atoms with Crippen LogP contribution in [-0.4, -0.2) is 103 Å². The molecule has 14 nitrogen and oxygen atoms in total. The van der Waals surface area contributed by atoms with Gasteiger partial charge in [-0.25, -0.2) is 0 Å². The molecule has 0 bridgehead atoms. The third-order valence-corrected chi connectivity index (χ3v) is 8.43. The molecule has 0 heterocycles. The van der Waals surface area contributed by atoms with Gasteiger partial charge in [0.15, 0.2) is 0 Å². The smallest absolute Gasteiger partial charge is 0.308 e. The number of ketones is 1. The molecule has 2 unspecified atom stereocenters. The summed E-state index contributed by atoms with van der Waals surface area (Å²) < 4.78 is 19.9. The van der Waals surface area contributed by atoms with Gasteiger partial charge in [-0.2, -0.15) is 0 Å². The van der Waals surface area contributed by atoms with Crippen LogP contribution in [0.3, 0.4) is 0 Å². The minimum atomic E-state index is -0.783. The highest BCUT2D eigenvalue weighted by atomic mass is 16.5. The molecule has 0 aromatic heterocycles. The maximum absolute atomic E-state index is 11.8. The Bertz CT molecular complexity index is 972. The number of aliphatic hydroxyl groups is 2. The van der Waals surface area contributed by atoms with Crippen molar-refractivity contribution in [2.75, 3.05) is 33.5 Å². The Labute approximate surface area is 303 Å². The number of carbonyl (C=O) groups excluding carboxylic acids is 4. The Morgan fingerprint density at radius 2 is 1.10 bits per heavy atom. The fourth-order valence-electron chi connectivity index (χ4n) is 5.30. The van der Waals surface area contributed by atoms with Crippen LogP contribution in [0.15, 0.2) is 0 Å². The first-order valence-corrected chi connectivity index (χ1v) is 17.9. The van der Waals surface area contributed by atoms with Gasteiger partial charge >= 0.3 is 17.9 Å². The largest absolute Gasteiger partial charge is 0.481 e. The summed E-state index contributed by atoms with van der Waals surface area (Å²) in [5.74, 6) is -1.79. The molecule has 14 heteroatoms. The number of esters is 1. The molecule has 3 aliphatic rings. The highest BCUT2D eigenvalue weighted by Crippen LogP contribution is 2.27. The number of carboxylic acid groups (broad SMARTS) is 2. The SMILES string of the molecule is CC(C)(CO)CO.CC(C)=O.COCC(C)(C)COC(=O)C1CCCCC1.O=COC1CCC(C(=O)O)CC1.O=COC1CCCC(C(=O)O)C1. The van der Waals surface area contributed by atoms with Crippen molar-refractivity contribution < 1.29 is 68.1 Å². The molecule has 51 heavy (non-hydrogen) atoms. The molecule has 0 spiro atoms. The lowest BCUT2D eigenvalue weighted by Crippen LogP contribution is -2.29. The Kier molecular flexibility index (Phi) is 27.9. The molecule has 2 atom stereocenters. The first-order valence-electron chi connectivity index (χ1n) is 17.9. The zero-order valence-electron chi connectivity index (χ0n) is 31.9. The van der Waals surface area contributed by atoms with E-state index in [0.717, 1.165) is 25.7 Å². The number of ether oxygens (including phenoxy) is 4. The number of Topliss-reactive ketones (excluding diaryl/α,β-unsaturated/α-hetero) is 1. The molecule has 3 saturated carbocycles. The van der Waals surface area contributed by atoms with Gasteiger partial charge in [-0.1, -0.05) is 47.0 Å². The van der Waals surface area contributed by atoms with Crippen LogP contribution >= 0.6 is 0 Å². The summed E-state index contributed by atoms with van der Waals surface area (Å²) in [5.41, 5.74) is -0.390. The van der Waals surface area contributed by atoms with Gasteiger partial charge in [-0.3, -0.25) is 24.0 Å². The molecule has 0 aromatic rings. The van der Waals surface area contributed by atoms with Crippen LogP contribution in [-0.2, 0) is 47.7 Å². The average molecular weight is 735 g/mol. The van der Waals surface area contributed by atoms with Crippen molar-refractivity contribution >= 4 is 36.6 Å². The van der Waals surface area contributed by atoms with E-state index in [2.05, 4.69) is 0 Å². The zero-order chi connectivity index (χ0) is 39.5. The van der Waals surface area contributed by atoms with Crippen LogP contribution in [0.25, 0.3) is 0 Å². The van der Waals surface area contributed by atoms with Crippen molar-refractivity contribution in [3.05, 3.63) is 0 Å². The van der Waals surface area contributed by atoms with E-state index in [1.165, 1.54) is 33.1 Å². The van der Waals surface area contributed by atoms with Gasteiger partial charge in [0, 0.05) is 17.9 Å². The third kappa shape index (κ3) is 27.3. The molecule has 0 aliphatic heterocycles. The van der Waals surface area contributed by atoms with Crippen LogP contribution in [0.5, 0.6) is 0 Å². The summed E-state index contributed by atoms with van der Waals surface area (Å²) >= 11 is 0. The Morgan fingerprint density at radius 3 is 1.51 bits per heavy atom. The van der Waals surface area contributed by atoms with E-state index in [0.29, 0.717) is 64.7 Å². The summed E-state index contributed by atoms with van der Waals surface area (Å²) in [6.07, 6.45) is 10.7. The number of hydrogen-bond donors (Lipinski definition) is 4. The molecular weight excluding hydrogens is 668 g/mol. The number of carbonyl (C=O) groups is 6. The normalized spacial score (nSPS) is 21.7. The number of methoxy groups -OCH3 is 1. The van der Waals surface area contributed by atoms with Crippen LogP contribution in [0, 0.1) is 28.6 Å². The molecule has 298 valence electrons. The highest BCUT2D eigenvalue weighted by Gasteiger charge is 2.28. The van der Waals surface area contributed by atoms with Crippen molar-refractivity contribution in [1.82, 2.24) is 0 Å². The zero-order valence-corrected chi connectivity index (χ0v) is 31.9. The second-order valence-electron chi connectivity index (χ2n) is 15.0. The van der Waals surface area contributed by atoms with E-state index in [9.17, 15) is 28.8 Å². The van der Waals surface area contributed by atoms with E-state index in [1.807, 2.05) is 13.8 Å². The predicted molar refractivity (Wildman–Crippen MR) is 189 cm³/mol. The molecule has 0 amide bonds. The molecule has 3 aliphatic carbocycles. The van der Waals surface area contributed by atoms with Crippen molar-refractivity contribution in [1.29, 1.82) is 0 Å². The summed E-state index contributed by atoms with van der Waals surface area (Å²) in [6, 6.07) is 0. The maximum atomic E-state index is 11.8. The van der Waals surface area contributed by atoms with Gasteiger partial charge in [0.05, 0.1) is 44.2 Å². The number of hydrogen-bond acceptors (Lipinski definition) is 12. The van der Waals surface area contributed by atoms with Gasteiger partial charge in [0.1, 0.15) is 18.0 Å². The maximum Gasteiger partial charge on any atom is 0.308 e. The third-order valence-electron chi connectivity index (χ3n) is 8.43. The molecule has 3 fully saturated rings. The predicted octanol–water partition coefficient (Wildman–Crippen LogP) is 4.98. The van der Waals surface area contributed by atoms with Crippen molar-refractivity contribution in [2.24, 2.45) is 28.6 Å². The van der Waals surface area contributed by atoms with Crippen LogP contribution < -0.4 is 0 Å².